The van der Waals surface area contributed by atoms with Crippen LogP contribution in [-0.4, -0.2) is 41.3 Å². The lowest BCUT2D eigenvalue weighted by atomic mass is 10.1. The predicted octanol–water partition coefficient (Wildman–Crippen LogP) is 2.84. The van der Waals surface area contributed by atoms with Crippen LogP contribution in [0.25, 0.3) is 0 Å². The molecule has 0 bridgehead atoms. The molecule has 0 radical (unpaired) electrons. The fourth-order valence-corrected chi connectivity index (χ4v) is 2.06. The third kappa shape index (κ3) is 4.14. The van der Waals surface area contributed by atoms with Gasteiger partial charge in [-0.25, -0.2) is 9.18 Å². The van der Waals surface area contributed by atoms with Crippen LogP contribution in [0, 0.1) is 12.7 Å². The summed E-state index contributed by atoms with van der Waals surface area (Å²) >= 11 is 0. The summed E-state index contributed by atoms with van der Waals surface area (Å²) in [7, 11) is 0. The normalized spacial score (nSPS) is 19.5. The van der Waals surface area contributed by atoms with Crippen molar-refractivity contribution in [3.8, 4) is 0 Å². The zero-order chi connectivity index (χ0) is 15.6. The molecule has 1 aromatic rings. The Morgan fingerprint density at radius 1 is 1.48 bits per heavy atom. The molecule has 0 aromatic carbocycles. The van der Waals surface area contributed by atoms with Gasteiger partial charge in [-0.15, -0.1) is 0 Å². The van der Waals surface area contributed by atoms with Gasteiger partial charge < -0.3 is 14.4 Å². The van der Waals surface area contributed by atoms with Crippen LogP contribution in [0.3, 0.4) is 0 Å². The lowest BCUT2D eigenvalue weighted by molar-refractivity contribution is -0.0447. The van der Waals surface area contributed by atoms with E-state index < -0.39 is 5.60 Å². The molecule has 1 aromatic heterocycles. The molecule has 6 heteroatoms. The standard InChI is InChI=1S/C15H21FN2O3/c1-10-11(16)5-6-12(17-10)13-9-18(7-8-20-13)14(19)21-15(2,3)4/h5-6,13H,7-9H2,1-4H3. The van der Waals surface area contributed by atoms with Gasteiger partial charge in [0.2, 0.25) is 0 Å². The first-order chi connectivity index (χ1) is 9.76. The Kier molecular flexibility index (Phi) is 4.46. The minimum absolute atomic E-state index is 0.325. The average Bonchev–Trinajstić information content (AvgIpc) is 2.40. The molecule has 1 aliphatic rings. The molecule has 0 N–H and O–H groups in total. The zero-order valence-electron chi connectivity index (χ0n) is 12.9. The monoisotopic (exact) mass is 296 g/mol. The van der Waals surface area contributed by atoms with Crippen LogP contribution in [-0.2, 0) is 9.47 Å². The highest BCUT2D eigenvalue weighted by Gasteiger charge is 2.29. The van der Waals surface area contributed by atoms with E-state index in [0.29, 0.717) is 31.1 Å². The number of amides is 1. The molecule has 21 heavy (non-hydrogen) atoms. The Bertz CT molecular complexity index is 528. The molecule has 1 unspecified atom stereocenters. The summed E-state index contributed by atoms with van der Waals surface area (Å²) in [5.74, 6) is -0.349. The van der Waals surface area contributed by atoms with Crippen molar-refractivity contribution < 1.29 is 18.7 Å². The van der Waals surface area contributed by atoms with Crippen molar-refractivity contribution in [3.63, 3.8) is 0 Å². The number of nitrogens with zero attached hydrogens (tertiary/aromatic N) is 2. The van der Waals surface area contributed by atoms with Gasteiger partial charge in [0, 0.05) is 6.54 Å². The van der Waals surface area contributed by atoms with E-state index >= 15 is 0 Å². The van der Waals surface area contributed by atoms with Gasteiger partial charge in [-0.3, -0.25) is 4.98 Å². The van der Waals surface area contributed by atoms with Crippen LogP contribution >= 0.6 is 0 Å². The molecule has 116 valence electrons. The van der Waals surface area contributed by atoms with Gasteiger partial charge >= 0.3 is 6.09 Å². The molecule has 2 heterocycles. The number of aryl methyl sites for hydroxylation is 1. The van der Waals surface area contributed by atoms with Gasteiger partial charge in [0.15, 0.2) is 0 Å². The summed E-state index contributed by atoms with van der Waals surface area (Å²) in [6, 6.07) is 2.96. The van der Waals surface area contributed by atoms with Crippen molar-refractivity contribution in [1.29, 1.82) is 0 Å². The Morgan fingerprint density at radius 2 is 2.19 bits per heavy atom. The number of hydrogen-bond acceptors (Lipinski definition) is 4. The molecule has 0 saturated carbocycles. The Balaban J connectivity index is 2.06. The topological polar surface area (TPSA) is 51.7 Å². The van der Waals surface area contributed by atoms with E-state index in [1.807, 2.05) is 20.8 Å². The van der Waals surface area contributed by atoms with Gasteiger partial charge in [0.05, 0.1) is 24.5 Å². The predicted molar refractivity (Wildman–Crippen MR) is 75.4 cm³/mol. The number of pyridine rings is 1. The maximum absolute atomic E-state index is 13.3. The second kappa shape index (κ2) is 5.97. The third-order valence-corrected chi connectivity index (χ3v) is 3.09. The van der Waals surface area contributed by atoms with Crippen molar-refractivity contribution in [1.82, 2.24) is 9.88 Å². The van der Waals surface area contributed by atoms with Gasteiger partial charge in [-0.2, -0.15) is 0 Å². The largest absolute Gasteiger partial charge is 0.444 e. The van der Waals surface area contributed by atoms with Gasteiger partial charge in [-0.05, 0) is 39.8 Å². The smallest absolute Gasteiger partial charge is 0.410 e. The Morgan fingerprint density at radius 3 is 2.81 bits per heavy atom. The maximum Gasteiger partial charge on any atom is 0.410 e. The molecule has 0 aliphatic carbocycles. The quantitative estimate of drug-likeness (QED) is 0.799. The summed E-state index contributed by atoms with van der Waals surface area (Å²) in [4.78, 5) is 17.9. The number of rotatable bonds is 1. The highest BCUT2D eigenvalue weighted by atomic mass is 19.1. The summed E-state index contributed by atoms with van der Waals surface area (Å²) in [6.07, 6.45) is -0.722. The number of carbonyl (C=O) groups excluding carboxylic acids is 1. The maximum atomic E-state index is 13.3. The van der Waals surface area contributed by atoms with E-state index in [0.717, 1.165) is 0 Å². The van der Waals surface area contributed by atoms with Crippen molar-refractivity contribution >= 4 is 6.09 Å². The first kappa shape index (κ1) is 15.7. The van der Waals surface area contributed by atoms with Gasteiger partial charge in [-0.1, -0.05) is 0 Å². The summed E-state index contributed by atoms with van der Waals surface area (Å²) < 4.78 is 24.3. The van der Waals surface area contributed by atoms with Crippen LogP contribution in [0.5, 0.6) is 0 Å². The van der Waals surface area contributed by atoms with Crippen molar-refractivity contribution in [2.75, 3.05) is 19.7 Å². The van der Waals surface area contributed by atoms with E-state index in [1.54, 1.807) is 17.9 Å². The lowest BCUT2D eigenvalue weighted by Gasteiger charge is -2.34. The fourth-order valence-electron chi connectivity index (χ4n) is 2.06. The Hall–Kier alpha value is -1.69. The van der Waals surface area contributed by atoms with Crippen LogP contribution in [0.4, 0.5) is 9.18 Å². The van der Waals surface area contributed by atoms with E-state index in [2.05, 4.69) is 4.98 Å². The molecule has 1 saturated heterocycles. The van der Waals surface area contributed by atoms with E-state index in [1.165, 1.54) is 6.07 Å². The highest BCUT2D eigenvalue weighted by molar-refractivity contribution is 5.68. The molecule has 1 fully saturated rings. The number of aromatic nitrogens is 1. The highest BCUT2D eigenvalue weighted by Crippen LogP contribution is 2.23. The molecule has 5 nitrogen and oxygen atoms in total. The second-order valence-corrected chi connectivity index (χ2v) is 6.09. The second-order valence-electron chi connectivity index (χ2n) is 6.09. The molecule has 2 rings (SSSR count). The van der Waals surface area contributed by atoms with Gasteiger partial charge in [0.1, 0.15) is 17.5 Å². The van der Waals surface area contributed by atoms with Crippen LogP contribution in [0.2, 0.25) is 0 Å². The number of ether oxygens (including phenoxy) is 2. The molecule has 1 amide bonds. The molecule has 1 atom stereocenters. The van der Waals surface area contributed by atoms with Crippen LogP contribution in [0.1, 0.15) is 38.3 Å². The van der Waals surface area contributed by atoms with Crippen LogP contribution < -0.4 is 0 Å². The first-order valence-electron chi connectivity index (χ1n) is 6.99. The van der Waals surface area contributed by atoms with E-state index in [-0.39, 0.29) is 18.0 Å². The SMILES string of the molecule is Cc1nc(C2CN(C(=O)OC(C)(C)C)CCO2)ccc1F. The third-order valence-electron chi connectivity index (χ3n) is 3.09. The van der Waals surface area contributed by atoms with E-state index in [9.17, 15) is 9.18 Å². The fraction of sp³-hybridized carbons (Fsp3) is 0.600. The summed E-state index contributed by atoms with van der Waals surface area (Å²) in [5, 5.41) is 0. The number of morpholine rings is 1. The molecular weight excluding hydrogens is 275 g/mol. The van der Waals surface area contributed by atoms with Crippen LogP contribution in [0.15, 0.2) is 12.1 Å². The molecule has 1 aliphatic heterocycles. The minimum Gasteiger partial charge on any atom is -0.444 e. The Labute approximate surface area is 124 Å². The zero-order valence-corrected chi connectivity index (χ0v) is 12.9. The summed E-state index contributed by atoms with van der Waals surface area (Å²) in [6.45, 7) is 8.32. The van der Waals surface area contributed by atoms with Crippen molar-refractivity contribution in [3.05, 3.63) is 29.3 Å². The van der Waals surface area contributed by atoms with Crippen molar-refractivity contribution in [2.45, 2.75) is 39.4 Å². The minimum atomic E-state index is -0.532. The average molecular weight is 296 g/mol. The summed E-state index contributed by atoms with van der Waals surface area (Å²) in [5.41, 5.74) is 0.419. The number of carbonyl (C=O) groups is 1. The van der Waals surface area contributed by atoms with E-state index in [4.69, 9.17) is 9.47 Å². The molecule has 0 spiro atoms. The van der Waals surface area contributed by atoms with Gasteiger partial charge in [0.25, 0.3) is 0 Å². The van der Waals surface area contributed by atoms with Crippen molar-refractivity contribution in [2.24, 2.45) is 0 Å². The first-order valence-corrected chi connectivity index (χ1v) is 6.99. The number of halogens is 1. The number of hydrogen-bond donors (Lipinski definition) is 0. The molecular formula is C15H21FN2O3. The lowest BCUT2D eigenvalue weighted by Crippen LogP contribution is -2.44.